The van der Waals surface area contributed by atoms with Crippen molar-refractivity contribution in [2.45, 2.75) is 19.1 Å². The maximum atomic E-state index is 11.6. The van der Waals surface area contributed by atoms with Crippen molar-refractivity contribution in [3.63, 3.8) is 0 Å². The summed E-state index contributed by atoms with van der Waals surface area (Å²) >= 11 is 1.40. The molecule has 0 spiro atoms. The zero-order valence-electron chi connectivity index (χ0n) is 10.7. The molecular formula is C13H15N3O2S. The Morgan fingerprint density at radius 3 is 2.63 bits per heavy atom. The first-order chi connectivity index (χ1) is 9.06. The van der Waals surface area contributed by atoms with Crippen molar-refractivity contribution in [1.29, 1.82) is 0 Å². The minimum atomic E-state index is -0.0948. The van der Waals surface area contributed by atoms with E-state index in [9.17, 15) is 4.79 Å². The fourth-order valence-electron chi connectivity index (χ4n) is 1.58. The molecule has 0 bridgehead atoms. The van der Waals surface area contributed by atoms with Gasteiger partial charge in [0.05, 0.1) is 11.5 Å². The highest BCUT2D eigenvalue weighted by atomic mass is 32.2. The molecule has 0 aliphatic carbocycles. The summed E-state index contributed by atoms with van der Waals surface area (Å²) in [5.74, 6) is 0.458. The Labute approximate surface area is 115 Å². The minimum absolute atomic E-state index is 0.0152. The Balaban J connectivity index is 2.00. The van der Waals surface area contributed by atoms with Crippen LogP contribution >= 0.6 is 11.8 Å². The second-order valence-corrected chi connectivity index (χ2v) is 5.64. The molecule has 1 aromatic rings. The second kappa shape index (κ2) is 5.88. The normalized spacial score (nSPS) is 21.5. The Hall–Kier alpha value is -1.82. The van der Waals surface area contributed by atoms with Gasteiger partial charge in [-0.15, -0.1) is 5.10 Å². The molecule has 1 amide bonds. The highest BCUT2D eigenvalue weighted by Crippen LogP contribution is 2.25. The number of amides is 1. The van der Waals surface area contributed by atoms with E-state index in [0.29, 0.717) is 5.17 Å². The third-order valence-electron chi connectivity index (χ3n) is 2.58. The van der Waals surface area contributed by atoms with Gasteiger partial charge in [-0.3, -0.25) is 4.79 Å². The molecular weight excluding hydrogens is 262 g/mol. The molecule has 1 saturated heterocycles. The number of amidine groups is 1. The molecule has 1 aliphatic rings. The SMILES string of the molecule is CC(C)[C@H]1SC(=N/N=C\c2ccc(O)cc2)NC1=O. The maximum absolute atomic E-state index is 11.6. The smallest absolute Gasteiger partial charge is 0.239 e. The van der Waals surface area contributed by atoms with E-state index in [0.717, 1.165) is 5.56 Å². The number of rotatable bonds is 3. The van der Waals surface area contributed by atoms with Gasteiger partial charge in [0.25, 0.3) is 0 Å². The topological polar surface area (TPSA) is 74.1 Å². The lowest BCUT2D eigenvalue weighted by molar-refractivity contribution is -0.119. The number of hydrogen-bond donors (Lipinski definition) is 2. The first-order valence-corrected chi connectivity index (χ1v) is 6.82. The number of hydrogen-bond acceptors (Lipinski definition) is 5. The number of thioether (sulfide) groups is 1. The Morgan fingerprint density at radius 2 is 2.05 bits per heavy atom. The molecule has 1 aliphatic heterocycles. The highest BCUT2D eigenvalue weighted by Gasteiger charge is 2.32. The molecule has 2 N–H and O–H groups in total. The van der Waals surface area contributed by atoms with Crippen molar-refractivity contribution in [3.05, 3.63) is 29.8 Å². The molecule has 6 heteroatoms. The molecule has 2 rings (SSSR count). The van der Waals surface area contributed by atoms with E-state index in [1.165, 1.54) is 11.8 Å². The number of benzene rings is 1. The molecule has 1 fully saturated rings. The summed E-state index contributed by atoms with van der Waals surface area (Å²) in [6.07, 6.45) is 1.57. The van der Waals surface area contributed by atoms with Crippen molar-refractivity contribution >= 4 is 29.1 Å². The molecule has 0 unspecified atom stereocenters. The van der Waals surface area contributed by atoms with Gasteiger partial charge in [-0.1, -0.05) is 25.6 Å². The van der Waals surface area contributed by atoms with E-state index < -0.39 is 0 Å². The van der Waals surface area contributed by atoms with Crippen molar-refractivity contribution in [2.24, 2.45) is 16.1 Å². The van der Waals surface area contributed by atoms with Crippen molar-refractivity contribution in [1.82, 2.24) is 5.32 Å². The van der Waals surface area contributed by atoms with Crippen LogP contribution in [0.4, 0.5) is 0 Å². The molecule has 100 valence electrons. The summed E-state index contributed by atoms with van der Waals surface area (Å²) in [6, 6.07) is 6.62. The van der Waals surface area contributed by atoms with Gasteiger partial charge >= 0.3 is 0 Å². The van der Waals surface area contributed by atoms with Gasteiger partial charge in [-0.2, -0.15) is 5.10 Å². The van der Waals surface area contributed by atoms with Crippen molar-refractivity contribution < 1.29 is 9.90 Å². The number of phenolic OH excluding ortho intramolecular Hbond substituents is 1. The first kappa shape index (κ1) is 13.6. The minimum Gasteiger partial charge on any atom is -0.508 e. The van der Waals surface area contributed by atoms with Gasteiger partial charge in [-0.25, -0.2) is 0 Å². The van der Waals surface area contributed by atoms with Gasteiger partial charge in [0.15, 0.2) is 5.17 Å². The zero-order chi connectivity index (χ0) is 13.8. The van der Waals surface area contributed by atoms with Gasteiger partial charge in [0.2, 0.25) is 5.91 Å². The third kappa shape index (κ3) is 3.57. The van der Waals surface area contributed by atoms with E-state index in [-0.39, 0.29) is 22.8 Å². The Morgan fingerprint density at radius 1 is 1.37 bits per heavy atom. The van der Waals surface area contributed by atoms with E-state index in [2.05, 4.69) is 15.5 Å². The van der Waals surface area contributed by atoms with E-state index in [4.69, 9.17) is 5.11 Å². The van der Waals surface area contributed by atoms with E-state index in [1.54, 1.807) is 30.5 Å². The van der Waals surface area contributed by atoms with Crippen LogP contribution in [0, 0.1) is 5.92 Å². The zero-order valence-corrected chi connectivity index (χ0v) is 11.5. The quantitative estimate of drug-likeness (QED) is 0.655. The molecule has 0 radical (unpaired) electrons. The van der Waals surface area contributed by atoms with Crippen LogP contribution < -0.4 is 5.32 Å². The van der Waals surface area contributed by atoms with E-state index in [1.807, 2.05) is 13.8 Å². The van der Waals surface area contributed by atoms with Crippen LogP contribution in [-0.4, -0.2) is 27.6 Å². The largest absolute Gasteiger partial charge is 0.508 e. The average Bonchev–Trinajstić information content (AvgIpc) is 2.73. The standard InChI is InChI=1S/C13H15N3O2S/c1-8(2)11-12(18)15-13(19-11)16-14-7-9-3-5-10(17)6-4-9/h3-8,11,17H,1-2H3,(H,15,16,18)/b14-7-/t11-/m1/s1. The fourth-order valence-corrected chi connectivity index (χ4v) is 2.51. The molecule has 0 saturated carbocycles. The van der Waals surface area contributed by atoms with E-state index >= 15 is 0 Å². The predicted octanol–water partition coefficient (Wildman–Crippen LogP) is 1.97. The summed E-state index contributed by atoms with van der Waals surface area (Å²) in [5, 5.41) is 20.2. The van der Waals surface area contributed by atoms with Gasteiger partial charge in [0, 0.05) is 0 Å². The van der Waals surface area contributed by atoms with Crippen LogP contribution in [-0.2, 0) is 4.79 Å². The fraction of sp³-hybridized carbons (Fsp3) is 0.308. The van der Waals surface area contributed by atoms with Crippen LogP contribution in [0.3, 0.4) is 0 Å². The monoisotopic (exact) mass is 277 g/mol. The lowest BCUT2D eigenvalue weighted by Gasteiger charge is -2.07. The molecule has 1 heterocycles. The van der Waals surface area contributed by atoms with Crippen LogP contribution in [0.5, 0.6) is 5.75 Å². The van der Waals surface area contributed by atoms with Gasteiger partial charge in [0.1, 0.15) is 5.75 Å². The van der Waals surface area contributed by atoms with Crippen LogP contribution in [0.1, 0.15) is 19.4 Å². The molecule has 19 heavy (non-hydrogen) atoms. The molecule has 1 aromatic carbocycles. The number of aromatic hydroxyl groups is 1. The summed E-state index contributed by atoms with van der Waals surface area (Å²) in [7, 11) is 0. The summed E-state index contributed by atoms with van der Waals surface area (Å²) in [6.45, 7) is 4.00. The van der Waals surface area contributed by atoms with Crippen molar-refractivity contribution in [3.8, 4) is 5.75 Å². The average molecular weight is 277 g/mol. The number of nitrogens with zero attached hydrogens (tertiary/aromatic N) is 2. The summed E-state index contributed by atoms with van der Waals surface area (Å²) < 4.78 is 0. The van der Waals surface area contributed by atoms with Crippen molar-refractivity contribution in [2.75, 3.05) is 0 Å². The lowest BCUT2D eigenvalue weighted by Crippen LogP contribution is -2.27. The number of nitrogens with one attached hydrogen (secondary N) is 1. The predicted molar refractivity (Wildman–Crippen MR) is 77.5 cm³/mol. The van der Waals surface area contributed by atoms with Gasteiger partial charge < -0.3 is 10.4 Å². The molecule has 1 atom stereocenters. The van der Waals surface area contributed by atoms with Crippen LogP contribution in [0.15, 0.2) is 34.5 Å². The molecule has 5 nitrogen and oxygen atoms in total. The lowest BCUT2D eigenvalue weighted by atomic mass is 10.1. The molecule has 0 aromatic heterocycles. The van der Waals surface area contributed by atoms with Crippen LogP contribution in [0.25, 0.3) is 0 Å². The third-order valence-corrected chi connectivity index (χ3v) is 4.00. The maximum Gasteiger partial charge on any atom is 0.239 e. The first-order valence-electron chi connectivity index (χ1n) is 5.94. The summed E-state index contributed by atoms with van der Waals surface area (Å²) in [4.78, 5) is 11.6. The summed E-state index contributed by atoms with van der Waals surface area (Å²) in [5.41, 5.74) is 0.830. The highest BCUT2D eigenvalue weighted by molar-refractivity contribution is 8.15. The van der Waals surface area contributed by atoms with Gasteiger partial charge in [-0.05, 0) is 35.7 Å². The number of carbonyl (C=O) groups is 1. The number of phenols is 1. The Kier molecular flexibility index (Phi) is 4.21. The second-order valence-electron chi connectivity index (χ2n) is 4.51. The number of carbonyl (C=O) groups excluding carboxylic acids is 1. The van der Waals surface area contributed by atoms with Crippen LogP contribution in [0.2, 0.25) is 0 Å². The Bertz CT molecular complexity index is 523.